The van der Waals surface area contributed by atoms with Crippen molar-refractivity contribution in [2.75, 3.05) is 5.32 Å². The average molecular weight is 285 g/mol. The summed E-state index contributed by atoms with van der Waals surface area (Å²) >= 11 is 1.73. The van der Waals surface area contributed by atoms with E-state index in [4.69, 9.17) is 0 Å². The molecule has 0 radical (unpaired) electrons. The van der Waals surface area contributed by atoms with Gasteiger partial charge in [-0.3, -0.25) is 0 Å². The standard InChI is InChI=1S/C17H16FNS/c1-2-16(14-5-3-4-6-15(14)18)19-13-7-8-17-12(11-13)9-10-20-17/h3-11,16,19H,2H2,1H3. The van der Waals surface area contributed by atoms with E-state index in [-0.39, 0.29) is 11.9 Å². The number of nitrogens with one attached hydrogen (secondary N) is 1. The maximum Gasteiger partial charge on any atom is 0.128 e. The molecular formula is C17H16FNS. The number of hydrogen-bond acceptors (Lipinski definition) is 2. The van der Waals surface area contributed by atoms with E-state index in [1.165, 1.54) is 16.2 Å². The van der Waals surface area contributed by atoms with Gasteiger partial charge in [-0.2, -0.15) is 0 Å². The molecule has 0 amide bonds. The van der Waals surface area contributed by atoms with Crippen LogP contribution in [-0.2, 0) is 0 Å². The Labute approximate surface area is 122 Å². The van der Waals surface area contributed by atoms with Crippen LogP contribution in [0.25, 0.3) is 10.1 Å². The lowest BCUT2D eigenvalue weighted by atomic mass is 10.0. The molecule has 0 saturated heterocycles. The van der Waals surface area contributed by atoms with Crippen molar-refractivity contribution in [1.82, 2.24) is 0 Å². The molecule has 1 aromatic heterocycles. The number of benzene rings is 2. The van der Waals surface area contributed by atoms with E-state index >= 15 is 0 Å². The van der Waals surface area contributed by atoms with Crippen molar-refractivity contribution in [3.63, 3.8) is 0 Å². The minimum absolute atomic E-state index is 0.00714. The summed E-state index contributed by atoms with van der Waals surface area (Å²) < 4.78 is 15.2. The third-order valence-electron chi connectivity index (χ3n) is 3.48. The predicted molar refractivity (Wildman–Crippen MR) is 84.9 cm³/mol. The second-order valence-corrected chi connectivity index (χ2v) is 5.75. The summed E-state index contributed by atoms with van der Waals surface area (Å²) in [5, 5.41) is 6.74. The highest BCUT2D eigenvalue weighted by Gasteiger charge is 2.13. The third-order valence-corrected chi connectivity index (χ3v) is 4.38. The summed E-state index contributed by atoms with van der Waals surface area (Å²) in [6.07, 6.45) is 0.836. The van der Waals surface area contributed by atoms with Gasteiger partial charge in [-0.05, 0) is 47.5 Å². The predicted octanol–water partition coefficient (Wildman–Crippen LogP) is 5.60. The molecule has 0 aliphatic rings. The van der Waals surface area contributed by atoms with Crippen molar-refractivity contribution in [3.8, 4) is 0 Å². The van der Waals surface area contributed by atoms with Crippen LogP contribution >= 0.6 is 11.3 Å². The van der Waals surface area contributed by atoms with Crippen molar-refractivity contribution in [1.29, 1.82) is 0 Å². The van der Waals surface area contributed by atoms with Crippen LogP contribution in [0, 0.1) is 5.82 Å². The van der Waals surface area contributed by atoms with Crippen LogP contribution in [-0.4, -0.2) is 0 Å². The Morgan fingerprint density at radius 1 is 1.15 bits per heavy atom. The molecule has 0 fully saturated rings. The normalized spacial score (nSPS) is 12.5. The first-order valence-electron chi connectivity index (χ1n) is 6.76. The van der Waals surface area contributed by atoms with Crippen molar-refractivity contribution in [2.45, 2.75) is 19.4 Å². The molecule has 0 saturated carbocycles. The van der Waals surface area contributed by atoms with E-state index in [9.17, 15) is 4.39 Å². The molecule has 1 atom stereocenters. The van der Waals surface area contributed by atoms with Crippen LogP contribution < -0.4 is 5.32 Å². The van der Waals surface area contributed by atoms with E-state index < -0.39 is 0 Å². The van der Waals surface area contributed by atoms with Crippen molar-refractivity contribution >= 4 is 27.1 Å². The largest absolute Gasteiger partial charge is 0.378 e. The summed E-state index contributed by atoms with van der Waals surface area (Å²) in [7, 11) is 0. The van der Waals surface area contributed by atoms with Crippen LogP contribution in [0.4, 0.5) is 10.1 Å². The number of halogens is 1. The molecular weight excluding hydrogens is 269 g/mol. The first kappa shape index (κ1) is 13.1. The molecule has 3 heteroatoms. The fourth-order valence-corrected chi connectivity index (χ4v) is 3.19. The molecule has 0 spiro atoms. The highest BCUT2D eigenvalue weighted by atomic mass is 32.1. The molecule has 1 heterocycles. The van der Waals surface area contributed by atoms with E-state index in [1.807, 2.05) is 12.1 Å². The summed E-state index contributed by atoms with van der Waals surface area (Å²) in [4.78, 5) is 0. The molecule has 0 aliphatic heterocycles. The van der Waals surface area contributed by atoms with Crippen LogP contribution in [0.15, 0.2) is 53.9 Å². The van der Waals surface area contributed by atoms with Gasteiger partial charge in [-0.15, -0.1) is 11.3 Å². The smallest absolute Gasteiger partial charge is 0.128 e. The zero-order chi connectivity index (χ0) is 13.9. The first-order chi connectivity index (χ1) is 9.78. The fourth-order valence-electron chi connectivity index (χ4n) is 2.42. The maximum absolute atomic E-state index is 13.9. The molecule has 102 valence electrons. The lowest BCUT2D eigenvalue weighted by Crippen LogP contribution is -2.11. The van der Waals surface area contributed by atoms with Gasteiger partial charge in [0.05, 0.1) is 6.04 Å². The minimum Gasteiger partial charge on any atom is -0.378 e. The molecule has 1 unspecified atom stereocenters. The van der Waals surface area contributed by atoms with Crippen molar-refractivity contribution in [2.24, 2.45) is 0 Å². The van der Waals surface area contributed by atoms with Gasteiger partial charge in [-0.1, -0.05) is 25.1 Å². The number of rotatable bonds is 4. The van der Waals surface area contributed by atoms with Crippen LogP contribution in [0.1, 0.15) is 24.9 Å². The summed E-state index contributed by atoms with van der Waals surface area (Å²) in [6, 6.07) is 15.4. The summed E-state index contributed by atoms with van der Waals surface area (Å²) in [6.45, 7) is 2.06. The molecule has 1 N–H and O–H groups in total. The van der Waals surface area contributed by atoms with Gasteiger partial charge in [-0.25, -0.2) is 4.39 Å². The third kappa shape index (κ3) is 2.54. The van der Waals surface area contributed by atoms with Crippen LogP contribution in [0.5, 0.6) is 0 Å². The SMILES string of the molecule is CCC(Nc1ccc2sccc2c1)c1ccccc1F. The van der Waals surface area contributed by atoms with Gasteiger partial charge in [0.1, 0.15) is 5.82 Å². The maximum atomic E-state index is 13.9. The van der Waals surface area contributed by atoms with Crippen molar-refractivity contribution in [3.05, 3.63) is 65.3 Å². The molecule has 0 aliphatic carbocycles. The summed E-state index contributed by atoms with van der Waals surface area (Å²) in [5.74, 6) is -0.150. The molecule has 1 nitrogen and oxygen atoms in total. The summed E-state index contributed by atoms with van der Waals surface area (Å²) in [5.41, 5.74) is 1.76. The van der Waals surface area contributed by atoms with Gasteiger partial charge in [0.2, 0.25) is 0 Å². The lowest BCUT2D eigenvalue weighted by Gasteiger charge is -2.19. The van der Waals surface area contributed by atoms with E-state index in [2.05, 4.69) is 41.9 Å². The number of anilines is 1. The van der Waals surface area contributed by atoms with Gasteiger partial charge in [0.15, 0.2) is 0 Å². The Balaban J connectivity index is 1.89. The monoisotopic (exact) mass is 285 g/mol. The molecule has 0 bridgehead atoms. The highest BCUT2D eigenvalue weighted by molar-refractivity contribution is 7.17. The van der Waals surface area contributed by atoms with E-state index in [0.717, 1.165) is 17.7 Å². The minimum atomic E-state index is -0.150. The Morgan fingerprint density at radius 2 is 2.00 bits per heavy atom. The van der Waals surface area contributed by atoms with Gasteiger partial charge >= 0.3 is 0 Å². The highest BCUT2D eigenvalue weighted by Crippen LogP contribution is 2.28. The van der Waals surface area contributed by atoms with Crippen LogP contribution in [0.3, 0.4) is 0 Å². The van der Waals surface area contributed by atoms with Gasteiger partial charge < -0.3 is 5.32 Å². The zero-order valence-corrected chi connectivity index (χ0v) is 12.1. The Bertz CT molecular complexity index is 720. The average Bonchev–Trinajstić information content (AvgIpc) is 2.93. The zero-order valence-electron chi connectivity index (χ0n) is 11.3. The Hall–Kier alpha value is -1.87. The van der Waals surface area contributed by atoms with Gasteiger partial charge in [0, 0.05) is 16.0 Å². The van der Waals surface area contributed by atoms with E-state index in [1.54, 1.807) is 17.4 Å². The quantitative estimate of drug-likeness (QED) is 0.657. The van der Waals surface area contributed by atoms with Crippen LogP contribution in [0.2, 0.25) is 0 Å². The molecule has 20 heavy (non-hydrogen) atoms. The molecule has 3 rings (SSSR count). The molecule has 3 aromatic rings. The van der Waals surface area contributed by atoms with Gasteiger partial charge in [0.25, 0.3) is 0 Å². The first-order valence-corrected chi connectivity index (χ1v) is 7.64. The second kappa shape index (κ2) is 5.63. The second-order valence-electron chi connectivity index (χ2n) is 4.80. The fraction of sp³-hybridized carbons (Fsp3) is 0.176. The molecule has 2 aromatic carbocycles. The van der Waals surface area contributed by atoms with Crippen molar-refractivity contribution < 1.29 is 4.39 Å². The number of hydrogen-bond donors (Lipinski definition) is 1. The lowest BCUT2D eigenvalue weighted by molar-refractivity contribution is 0.587. The number of fused-ring (bicyclic) bond motifs is 1. The number of thiophene rings is 1. The Morgan fingerprint density at radius 3 is 2.80 bits per heavy atom. The Kier molecular flexibility index (Phi) is 3.70. The topological polar surface area (TPSA) is 12.0 Å². The van der Waals surface area contributed by atoms with E-state index in [0.29, 0.717) is 0 Å².